The van der Waals surface area contributed by atoms with Crippen LogP contribution in [0.1, 0.15) is 18.9 Å². The molecule has 4 rings (SSSR count). The van der Waals surface area contributed by atoms with Gasteiger partial charge >= 0.3 is 0 Å². The summed E-state index contributed by atoms with van der Waals surface area (Å²) in [6, 6.07) is 27.0. The number of hydrogen-bond donors (Lipinski definition) is 1. The molecular weight excluding hydrogens is 362 g/mol. The number of methoxy groups -OCH3 is 1. The molecule has 1 aliphatic rings. The first-order chi connectivity index (χ1) is 14.1. The Labute approximate surface area is 170 Å². The predicted molar refractivity (Wildman–Crippen MR) is 117 cm³/mol. The van der Waals surface area contributed by atoms with Gasteiger partial charge < -0.3 is 10.1 Å². The van der Waals surface area contributed by atoms with Gasteiger partial charge in [0, 0.05) is 12.1 Å². The third-order valence-corrected chi connectivity index (χ3v) is 5.14. The van der Waals surface area contributed by atoms with E-state index in [0.717, 1.165) is 28.4 Å². The molecule has 0 saturated heterocycles. The fraction of sp³-hybridized carbons (Fsp3) is 0.167. The molecule has 0 saturated carbocycles. The molecule has 0 bridgehead atoms. The van der Waals surface area contributed by atoms with E-state index in [1.54, 1.807) is 7.11 Å². The summed E-state index contributed by atoms with van der Waals surface area (Å²) in [4.78, 5) is 13.4. The van der Waals surface area contributed by atoms with E-state index in [2.05, 4.69) is 5.32 Å². The maximum atomic E-state index is 13.4. The number of nitrogens with zero attached hydrogens (tertiary/aromatic N) is 2. The quantitative estimate of drug-likeness (QED) is 0.692. The van der Waals surface area contributed by atoms with Crippen LogP contribution in [0.2, 0.25) is 0 Å². The van der Waals surface area contributed by atoms with E-state index < -0.39 is 5.54 Å². The second kappa shape index (κ2) is 7.80. The lowest BCUT2D eigenvalue weighted by atomic mass is 9.91. The Hall–Kier alpha value is -3.60. The highest BCUT2D eigenvalue weighted by Gasteiger charge is 2.46. The number of carbonyl (C=O) groups is 1. The molecule has 1 heterocycles. The fourth-order valence-corrected chi connectivity index (χ4v) is 3.49. The van der Waals surface area contributed by atoms with Crippen LogP contribution < -0.4 is 15.1 Å². The molecule has 1 atom stereocenters. The van der Waals surface area contributed by atoms with Crippen LogP contribution in [0.3, 0.4) is 0 Å². The van der Waals surface area contributed by atoms with Crippen LogP contribution in [-0.2, 0) is 4.79 Å². The summed E-state index contributed by atoms with van der Waals surface area (Å²) < 4.78 is 5.25. The molecule has 1 amide bonds. The van der Waals surface area contributed by atoms with Gasteiger partial charge in [-0.3, -0.25) is 4.79 Å². The first kappa shape index (κ1) is 18.7. The monoisotopic (exact) mass is 385 g/mol. The largest absolute Gasteiger partial charge is 0.497 e. The summed E-state index contributed by atoms with van der Waals surface area (Å²) in [5.74, 6) is 0.691. The van der Waals surface area contributed by atoms with Crippen molar-refractivity contribution in [3.63, 3.8) is 0 Å². The van der Waals surface area contributed by atoms with Gasteiger partial charge in [-0.1, -0.05) is 36.4 Å². The molecule has 1 unspecified atom stereocenters. The molecule has 0 aliphatic carbocycles. The second-order valence-corrected chi connectivity index (χ2v) is 7.19. The maximum Gasteiger partial charge on any atom is 0.252 e. The van der Waals surface area contributed by atoms with Gasteiger partial charge in [0.2, 0.25) is 0 Å². The van der Waals surface area contributed by atoms with Gasteiger partial charge in [0.25, 0.3) is 5.91 Å². The van der Waals surface area contributed by atoms with Crippen molar-refractivity contribution < 1.29 is 9.53 Å². The molecule has 0 spiro atoms. The van der Waals surface area contributed by atoms with Crippen molar-refractivity contribution in [2.75, 3.05) is 17.4 Å². The van der Waals surface area contributed by atoms with Crippen molar-refractivity contribution >= 4 is 23.0 Å². The van der Waals surface area contributed by atoms with Gasteiger partial charge in [-0.05, 0) is 61.0 Å². The van der Waals surface area contributed by atoms with Crippen molar-refractivity contribution in [2.24, 2.45) is 5.10 Å². The number of benzene rings is 3. The van der Waals surface area contributed by atoms with Gasteiger partial charge in [-0.15, -0.1) is 0 Å². The molecule has 5 nitrogen and oxygen atoms in total. The maximum absolute atomic E-state index is 13.4. The van der Waals surface area contributed by atoms with Gasteiger partial charge in [-0.2, -0.15) is 5.10 Å². The molecule has 1 N–H and O–H groups in total. The number of nitrogens with one attached hydrogen (secondary N) is 1. The highest BCUT2D eigenvalue weighted by atomic mass is 16.5. The smallest absolute Gasteiger partial charge is 0.252 e. The Kier molecular flexibility index (Phi) is 5.04. The number of rotatable bonds is 5. The molecular formula is C24H23N3O2. The van der Waals surface area contributed by atoms with Crippen LogP contribution in [0.25, 0.3) is 0 Å². The second-order valence-electron chi connectivity index (χ2n) is 7.19. The van der Waals surface area contributed by atoms with Crippen LogP contribution in [0, 0.1) is 0 Å². The number of ether oxygens (including phenoxy) is 1. The summed E-state index contributed by atoms with van der Waals surface area (Å²) in [7, 11) is 1.64. The van der Waals surface area contributed by atoms with E-state index in [1.807, 2.05) is 96.9 Å². The standard InChI is InChI=1S/C24H23N3O2/c1-24(23(28)25-19-9-5-3-6-10-19)17-22(18-13-15-21(29-2)16-14-18)26-27(24)20-11-7-4-8-12-20/h3-16H,17H2,1-2H3,(H,25,28). The number of hydrogen-bond acceptors (Lipinski definition) is 4. The molecule has 29 heavy (non-hydrogen) atoms. The molecule has 3 aromatic carbocycles. The number of amides is 1. The third kappa shape index (κ3) is 3.72. The van der Waals surface area contributed by atoms with Crippen molar-refractivity contribution in [3.05, 3.63) is 90.5 Å². The van der Waals surface area contributed by atoms with E-state index in [9.17, 15) is 4.79 Å². The minimum absolute atomic E-state index is 0.0974. The van der Waals surface area contributed by atoms with Crippen LogP contribution >= 0.6 is 0 Å². The van der Waals surface area contributed by atoms with Gasteiger partial charge in [0.15, 0.2) is 0 Å². The van der Waals surface area contributed by atoms with Gasteiger partial charge in [0.05, 0.1) is 18.5 Å². The molecule has 1 aliphatic heterocycles. The number of anilines is 2. The van der Waals surface area contributed by atoms with E-state index >= 15 is 0 Å². The molecule has 5 heteroatoms. The summed E-state index contributed by atoms with van der Waals surface area (Å²) in [6.07, 6.45) is 0.493. The third-order valence-electron chi connectivity index (χ3n) is 5.14. The average molecular weight is 385 g/mol. The Morgan fingerprint density at radius 3 is 2.21 bits per heavy atom. The van der Waals surface area contributed by atoms with Gasteiger partial charge in [0.1, 0.15) is 11.3 Å². The Bertz CT molecular complexity index is 1020. The van der Waals surface area contributed by atoms with E-state index in [0.29, 0.717) is 6.42 Å². The number of carbonyl (C=O) groups excluding carboxylic acids is 1. The average Bonchev–Trinajstić information content (AvgIpc) is 3.14. The minimum Gasteiger partial charge on any atom is -0.497 e. The van der Waals surface area contributed by atoms with Crippen molar-refractivity contribution in [2.45, 2.75) is 18.9 Å². The van der Waals surface area contributed by atoms with Crippen LogP contribution in [0.5, 0.6) is 5.75 Å². The summed E-state index contributed by atoms with van der Waals surface area (Å²) in [6.45, 7) is 1.93. The molecule has 0 radical (unpaired) electrons. The predicted octanol–water partition coefficient (Wildman–Crippen LogP) is 4.71. The van der Waals surface area contributed by atoms with Crippen LogP contribution in [0.4, 0.5) is 11.4 Å². The molecule has 3 aromatic rings. The fourth-order valence-electron chi connectivity index (χ4n) is 3.49. The molecule has 146 valence electrons. The summed E-state index contributed by atoms with van der Waals surface area (Å²) in [5.41, 5.74) is 2.63. The van der Waals surface area contributed by atoms with Crippen molar-refractivity contribution in [3.8, 4) is 5.75 Å². The zero-order chi connectivity index (χ0) is 20.3. The van der Waals surface area contributed by atoms with Crippen molar-refractivity contribution in [1.29, 1.82) is 0 Å². The normalized spacial score (nSPS) is 18.3. The Morgan fingerprint density at radius 1 is 0.966 bits per heavy atom. The SMILES string of the molecule is COc1ccc(C2=NN(c3ccccc3)C(C)(C(=O)Nc3ccccc3)C2)cc1. The topological polar surface area (TPSA) is 53.9 Å². The Balaban J connectivity index is 1.69. The van der Waals surface area contributed by atoms with Crippen LogP contribution in [0.15, 0.2) is 90.0 Å². The number of para-hydroxylation sites is 2. The zero-order valence-electron chi connectivity index (χ0n) is 16.5. The highest BCUT2D eigenvalue weighted by molar-refractivity contribution is 6.11. The zero-order valence-corrected chi connectivity index (χ0v) is 16.5. The molecule has 0 fully saturated rings. The van der Waals surface area contributed by atoms with Crippen molar-refractivity contribution in [1.82, 2.24) is 0 Å². The lowest BCUT2D eigenvalue weighted by molar-refractivity contribution is -0.120. The lowest BCUT2D eigenvalue weighted by Crippen LogP contribution is -2.50. The first-order valence-corrected chi connectivity index (χ1v) is 9.54. The first-order valence-electron chi connectivity index (χ1n) is 9.54. The minimum atomic E-state index is -0.855. The molecule has 0 aromatic heterocycles. The van der Waals surface area contributed by atoms with E-state index in [1.165, 1.54) is 0 Å². The van der Waals surface area contributed by atoms with Gasteiger partial charge in [-0.25, -0.2) is 5.01 Å². The Morgan fingerprint density at radius 2 is 1.59 bits per heavy atom. The summed E-state index contributed by atoms with van der Waals surface area (Å²) in [5, 5.41) is 9.71. The summed E-state index contributed by atoms with van der Waals surface area (Å²) >= 11 is 0. The van der Waals surface area contributed by atoms with E-state index in [4.69, 9.17) is 9.84 Å². The van der Waals surface area contributed by atoms with E-state index in [-0.39, 0.29) is 5.91 Å². The van der Waals surface area contributed by atoms with Crippen LogP contribution in [-0.4, -0.2) is 24.3 Å². The highest BCUT2D eigenvalue weighted by Crippen LogP contribution is 2.35. The lowest BCUT2D eigenvalue weighted by Gasteiger charge is -2.32. The number of hydrazone groups is 1.